The van der Waals surface area contributed by atoms with Crippen molar-refractivity contribution in [3.63, 3.8) is 0 Å². The molecule has 1 N–H and O–H groups in total. The quantitative estimate of drug-likeness (QED) is 0.871. The fraction of sp³-hybridized carbons (Fsp3) is 0.500. The summed E-state index contributed by atoms with van der Waals surface area (Å²) in [6.45, 7) is 1.68. The molecule has 22 heavy (non-hydrogen) atoms. The van der Waals surface area contributed by atoms with Crippen LogP contribution < -0.4 is 0 Å². The lowest BCUT2D eigenvalue weighted by atomic mass is 9.98. The Morgan fingerprint density at radius 1 is 1.18 bits per heavy atom. The van der Waals surface area contributed by atoms with E-state index in [0.717, 1.165) is 18.4 Å². The molecule has 2 rings (SSSR count). The first-order chi connectivity index (χ1) is 10.6. The summed E-state index contributed by atoms with van der Waals surface area (Å²) < 4.78 is 10.4. The van der Waals surface area contributed by atoms with Crippen LogP contribution in [0.2, 0.25) is 0 Å². The van der Waals surface area contributed by atoms with E-state index in [1.54, 1.807) is 4.90 Å². The van der Waals surface area contributed by atoms with Gasteiger partial charge in [-0.15, -0.1) is 0 Å². The number of carbonyl (C=O) groups excluding carboxylic acids is 1. The van der Waals surface area contributed by atoms with E-state index < -0.39 is 5.97 Å². The van der Waals surface area contributed by atoms with Crippen molar-refractivity contribution in [1.29, 1.82) is 0 Å². The summed E-state index contributed by atoms with van der Waals surface area (Å²) >= 11 is 0. The molecule has 120 valence electrons. The third-order valence-corrected chi connectivity index (χ3v) is 3.66. The average molecular weight is 307 g/mol. The van der Waals surface area contributed by atoms with Crippen LogP contribution in [0, 0.1) is 5.92 Å². The maximum Gasteiger partial charge on any atom is 0.410 e. The van der Waals surface area contributed by atoms with E-state index in [2.05, 4.69) is 0 Å². The maximum atomic E-state index is 12.0. The number of hydrogen-bond donors (Lipinski definition) is 1. The predicted molar refractivity (Wildman–Crippen MR) is 79.4 cm³/mol. The van der Waals surface area contributed by atoms with Gasteiger partial charge in [0, 0.05) is 13.1 Å². The van der Waals surface area contributed by atoms with Gasteiger partial charge in [0.1, 0.15) is 13.2 Å². The zero-order valence-corrected chi connectivity index (χ0v) is 12.4. The van der Waals surface area contributed by atoms with Gasteiger partial charge in [0.05, 0.1) is 6.61 Å². The minimum absolute atomic E-state index is 0.265. The summed E-state index contributed by atoms with van der Waals surface area (Å²) in [6.07, 6.45) is 1.31. The summed E-state index contributed by atoms with van der Waals surface area (Å²) in [5, 5.41) is 8.52. The number of likely N-dealkylation sites (tertiary alicyclic amines) is 1. The molecule has 0 spiro atoms. The zero-order chi connectivity index (χ0) is 15.8. The lowest BCUT2D eigenvalue weighted by molar-refractivity contribution is -0.142. The van der Waals surface area contributed by atoms with Crippen molar-refractivity contribution in [3.05, 3.63) is 35.9 Å². The molecule has 6 heteroatoms. The van der Waals surface area contributed by atoms with Gasteiger partial charge in [-0.25, -0.2) is 9.59 Å². The number of nitrogens with zero attached hydrogens (tertiary/aromatic N) is 1. The Morgan fingerprint density at radius 2 is 1.86 bits per heavy atom. The van der Waals surface area contributed by atoms with Gasteiger partial charge in [-0.05, 0) is 24.3 Å². The largest absolute Gasteiger partial charge is 0.480 e. The molecule has 0 unspecified atom stereocenters. The second-order valence-electron chi connectivity index (χ2n) is 5.38. The summed E-state index contributed by atoms with van der Waals surface area (Å²) in [5.41, 5.74) is 0.966. The molecular weight excluding hydrogens is 286 g/mol. The molecule has 0 bridgehead atoms. The van der Waals surface area contributed by atoms with Gasteiger partial charge in [-0.3, -0.25) is 0 Å². The normalized spacial score (nSPS) is 15.5. The molecule has 1 aromatic carbocycles. The van der Waals surface area contributed by atoms with Crippen LogP contribution >= 0.6 is 0 Å². The van der Waals surface area contributed by atoms with E-state index in [1.165, 1.54) is 0 Å². The van der Waals surface area contributed by atoms with Crippen LogP contribution in [0.5, 0.6) is 0 Å². The Balaban J connectivity index is 1.65. The van der Waals surface area contributed by atoms with Gasteiger partial charge in [-0.1, -0.05) is 30.3 Å². The molecule has 0 radical (unpaired) electrons. The number of carboxylic acid groups (broad SMARTS) is 1. The van der Waals surface area contributed by atoms with Crippen LogP contribution in [-0.4, -0.2) is 48.4 Å². The molecule has 1 fully saturated rings. The van der Waals surface area contributed by atoms with Crippen molar-refractivity contribution in [3.8, 4) is 0 Å². The molecule has 0 saturated carbocycles. The first-order valence-corrected chi connectivity index (χ1v) is 7.40. The maximum absolute atomic E-state index is 12.0. The molecule has 1 aliphatic heterocycles. The Morgan fingerprint density at radius 3 is 2.50 bits per heavy atom. The monoisotopic (exact) mass is 307 g/mol. The first-order valence-electron chi connectivity index (χ1n) is 7.40. The van der Waals surface area contributed by atoms with Crippen molar-refractivity contribution in [2.75, 3.05) is 26.3 Å². The highest BCUT2D eigenvalue weighted by atomic mass is 16.6. The number of amides is 1. The Labute approximate surface area is 129 Å². The molecule has 0 atom stereocenters. The van der Waals surface area contributed by atoms with Crippen molar-refractivity contribution < 1.29 is 24.2 Å². The Hall–Kier alpha value is -2.08. The highest BCUT2D eigenvalue weighted by molar-refractivity contribution is 5.68. The number of aliphatic carboxylic acids is 1. The molecule has 1 saturated heterocycles. The number of carbonyl (C=O) groups is 2. The molecule has 0 aliphatic carbocycles. The third kappa shape index (κ3) is 5.37. The van der Waals surface area contributed by atoms with E-state index in [4.69, 9.17) is 14.6 Å². The molecule has 1 amide bonds. The van der Waals surface area contributed by atoms with Gasteiger partial charge in [0.2, 0.25) is 0 Å². The van der Waals surface area contributed by atoms with Crippen molar-refractivity contribution in [2.24, 2.45) is 5.92 Å². The summed E-state index contributed by atoms with van der Waals surface area (Å²) in [5.74, 6) is -0.653. The number of piperidine rings is 1. The zero-order valence-electron chi connectivity index (χ0n) is 12.4. The minimum Gasteiger partial charge on any atom is -0.480 e. The van der Waals surface area contributed by atoms with Crippen LogP contribution in [0.4, 0.5) is 4.79 Å². The summed E-state index contributed by atoms with van der Waals surface area (Å²) in [6, 6.07) is 9.57. The van der Waals surface area contributed by atoms with Gasteiger partial charge < -0.3 is 19.5 Å². The second kappa shape index (κ2) is 8.38. The number of carboxylic acids is 1. The van der Waals surface area contributed by atoms with Crippen molar-refractivity contribution in [1.82, 2.24) is 4.90 Å². The Bertz CT molecular complexity index is 483. The lowest BCUT2D eigenvalue weighted by Crippen LogP contribution is -2.39. The van der Waals surface area contributed by atoms with Crippen molar-refractivity contribution >= 4 is 12.1 Å². The fourth-order valence-electron chi connectivity index (χ4n) is 2.41. The summed E-state index contributed by atoms with van der Waals surface area (Å²) in [4.78, 5) is 24.0. The number of ether oxygens (including phenoxy) is 2. The van der Waals surface area contributed by atoms with Crippen LogP contribution in [0.3, 0.4) is 0 Å². The van der Waals surface area contributed by atoms with Gasteiger partial charge in [0.15, 0.2) is 0 Å². The standard InChI is InChI=1S/C16H21NO5/c18-15(19)12-21-10-14-6-8-17(9-7-14)16(20)22-11-13-4-2-1-3-5-13/h1-5,14H,6-12H2,(H,18,19). The van der Waals surface area contributed by atoms with Crippen molar-refractivity contribution in [2.45, 2.75) is 19.4 Å². The first kappa shape index (κ1) is 16.3. The van der Waals surface area contributed by atoms with Crippen LogP contribution in [0.15, 0.2) is 30.3 Å². The number of benzene rings is 1. The predicted octanol–water partition coefficient (Wildman–Crippen LogP) is 2.14. The average Bonchev–Trinajstić information content (AvgIpc) is 2.54. The Kier molecular flexibility index (Phi) is 6.21. The van der Waals surface area contributed by atoms with Gasteiger partial charge in [-0.2, -0.15) is 0 Å². The van der Waals surface area contributed by atoms with Gasteiger partial charge in [0.25, 0.3) is 0 Å². The second-order valence-corrected chi connectivity index (χ2v) is 5.38. The van der Waals surface area contributed by atoms with E-state index in [1.807, 2.05) is 30.3 Å². The molecule has 0 aromatic heterocycles. The topological polar surface area (TPSA) is 76.1 Å². The van der Waals surface area contributed by atoms with E-state index in [0.29, 0.717) is 25.6 Å². The van der Waals surface area contributed by atoms with Crippen LogP contribution in [0.25, 0.3) is 0 Å². The van der Waals surface area contributed by atoms with E-state index in [-0.39, 0.29) is 19.3 Å². The SMILES string of the molecule is O=C(O)COCC1CCN(C(=O)OCc2ccccc2)CC1. The number of rotatable bonds is 6. The van der Waals surface area contributed by atoms with Crippen LogP contribution in [0.1, 0.15) is 18.4 Å². The highest BCUT2D eigenvalue weighted by Gasteiger charge is 2.24. The molecule has 1 heterocycles. The smallest absolute Gasteiger partial charge is 0.410 e. The molecular formula is C16H21NO5. The molecule has 1 aliphatic rings. The van der Waals surface area contributed by atoms with E-state index in [9.17, 15) is 9.59 Å². The van der Waals surface area contributed by atoms with E-state index >= 15 is 0 Å². The lowest BCUT2D eigenvalue weighted by Gasteiger charge is -2.31. The molecule has 1 aromatic rings. The highest BCUT2D eigenvalue weighted by Crippen LogP contribution is 2.18. The number of hydrogen-bond acceptors (Lipinski definition) is 4. The molecule has 6 nitrogen and oxygen atoms in total. The third-order valence-electron chi connectivity index (χ3n) is 3.66. The van der Waals surface area contributed by atoms with Crippen LogP contribution in [-0.2, 0) is 20.9 Å². The summed E-state index contributed by atoms with van der Waals surface area (Å²) in [7, 11) is 0. The fourth-order valence-corrected chi connectivity index (χ4v) is 2.41. The minimum atomic E-state index is -0.957. The van der Waals surface area contributed by atoms with Gasteiger partial charge >= 0.3 is 12.1 Å².